The first-order valence-electron chi connectivity index (χ1n) is 7.46. The first-order valence-corrected chi connectivity index (χ1v) is 7.84. The summed E-state index contributed by atoms with van der Waals surface area (Å²) in [6, 6.07) is 10.5. The van der Waals surface area contributed by atoms with Crippen molar-refractivity contribution in [1.82, 2.24) is 5.43 Å². The Morgan fingerprint density at radius 3 is 2.60 bits per heavy atom. The summed E-state index contributed by atoms with van der Waals surface area (Å²) in [6.45, 7) is 1.70. The van der Waals surface area contributed by atoms with Crippen LogP contribution in [0.5, 0.6) is 17.2 Å². The first kappa shape index (κ1) is 18.6. The molecule has 0 aliphatic carbocycles. The highest BCUT2D eigenvalue weighted by molar-refractivity contribution is 6.31. The van der Waals surface area contributed by atoms with E-state index in [2.05, 4.69) is 10.5 Å². The third-order valence-corrected chi connectivity index (χ3v) is 3.75. The Morgan fingerprint density at radius 2 is 1.92 bits per heavy atom. The van der Waals surface area contributed by atoms with Gasteiger partial charge in [-0.15, -0.1) is 0 Å². The average molecular weight is 363 g/mol. The molecule has 0 unspecified atom stereocenters. The van der Waals surface area contributed by atoms with Crippen molar-refractivity contribution in [2.75, 3.05) is 20.8 Å². The molecule has 132 valence electrons. The molecule has 0 spiro atoms. The van der Waals surface area contributed by atoms with Crippen molar-refractivity contribution >= 4 is 23.7 Å². The highest BCUT2D eigenvalue weighted by atomic mass is 35.5. The minimum atomic E-state index is -0.384. The number of methoxy groups -OCH3 is 2. The first-order chi connectivity index (χ1) is 12.0. The number of aryl methyl sites for hydroxylation is 1. The molecule has 0 fully saturated rings. The molecule has 2 aromatic rings. The van der Waals surface area contributed by atoms with Gasteiger partial charge in [0.05, 0.1) is 20.4 Å². The molecule has 0 saturated heterocycles. The van der Waals surface area contributed by atoms with Gasteiger partial charge in [0.25, 0.3) is 5.91 Å². The summed E-state index contributed by atoms with van der Waals surface area (Å²) in [7, 11) is 3.12. The summed E-state index contributed by atoms with van der Waals surface area (Å²) in [5.41, 5.74) is 3.95. The lowest BCUT2D eigenvalue weighted by Crippen LogP contribution is -2.24. The quantitative estimate of drug-likeness (QED) is 0.606. The molecule has 0 atom stereocenters. The summed E-state index contributed by atoms with van der Waals surface area (Å²) in [5.74, 6) is 1.46. The van der Waals surface area contributed by atoms with Crippen LogP contribution < -0.4 is 19.6 Å². The number of halogens is 1. The van der Waals surface area contributed by atoms with E-state index in [1.165, 1.54) is 6.21 Å². The molecule has 0 radical (unpaired) electrons. The lowest BCUT2D eigenvalue weighted by atomic mass is 10.2. The highest BCUT2D eigenvalue weighted by Gasteiger charge is 2.05. The van der Waals surface area contributed by atoms with E-state index in [1.807, 2.05) is 6.92 Å². The zero-order valence-corrected chi connectivity index (χ0v) is 15.0. The zero-order valence-electron chi connectivity index (χ0n) is 14.2. The number of benzene rings is 2. The predicted octanol–water partition coefficient (Wildman–Crippen LogP) is 3.19. The molecule has 0 bridgehead atoms. The normalized spacial score (nSPS) is 10.6. The van der Waals surface area contributed by atoms with Gasteiger partial charge in [0, 0.05) is 10.6 Å². The number of carbonyl (C=O) groups is 1. The smallest absolute Gasteiger partial charge is 0.277 e. The summed E-state index contributed by atoms with van der Waals surface area (Å²) in [4.78, 5) is 11.8. The fourth-order valence-electron chi connectivity index (χ4n) is 2.00. The van der Waals surface area contributed by atoms with Gasteiger partial charge in [-0.3, -0.25) is 4.79 Å². The van der Waals surface area contributed by atoms with Gasteiger partial charge in [0.1, 0.15) is 17.2 Å². The van der Waals surface area contributed by atoms with Crippen LogP contribution in [0, 0.1) is 6.92 Å². The van der Waals surface area contributed by atoms with Crippen LogP contribution in [0.2, 0.25) is 5.02 Å². The second-order valence-corrected chi connectivity index (χ2v) is 5.51. The number of hydrogen-bond acceptors (Lipinski definition) is 5. The van der Waals surface area contributed by atoms with Crippen LogP contribution in [0.1, 0.15) is 11.1 Å². The van der Waals surface area contributed by atoms with Gasteiger partial charge in [0.15, 0.2) is 6.61 Å². The van der Waals surface area contributed by atoms with Gasteiger partial charge in [0.2, 0.25) is 0 Å². The summed E-state index contributed by atoms with van der Waals surface area (Å²) >= 11 is 5.94. The van der Waals surface area contributed by atoms with Gasteiger partial charge in [-0.2, -0.15) is 5.10 Å². The van der Waals surface area contributed by atoms with E-state index in [0.29, 0.717) is 27.8 Å². The maximum atomic E-state index is 11.8. The number of hydrazone groups is 1. The van der Waals surface area contributed by atoms with Crippen molar-refractivity contribution in [2.45, 2.75) is 6.92 Å². The number of amides is 1. The van der Waals surface area contributed by atoms with E-state index in [4.69, 9.17) is 25.8 Å². The fourth-order valence-corrected chi connectivity index (χ4v) is 2.12. The summed E-state index contributed by atoms with van der Waals surface area (Å²) in [6.07, 6.45) is 1.48. The minimum absolute atomic E-state index is 0.159. The number of ether oxygens (including phenoxy) is 3. The topological polar surface area (TPSA) is 69.2 Å². The van der Waals surface area contributed by atoms with Crippen LogP contribution in [0.15, 0.2) is 41.5 Å². The van der Waals surface area contributed by atoms with Gasteiger partial charge in [-0.05, 0) is 48.9 Å². The molecular formula is C18H19ClN2O4. The van der Waals surface area contributed by atoms with Crippen molar-refractivity contribution in [3.05, 3.63) is 52.5 Å². The van der Waals surface area contributed by atoms with Gasteiger partial charge in [-0.25, -0.2) is 5.43 Å². The Balaban J connectivity index is 1.91. The predicted molar refractivity (Wildman–Crippen MR) is 97.0 cm³/mol. The number of nitrogens with one attached hydrogen (secondary N) is 1. The van der Waals surface area contributed by atoms with Gasteiger partial charge in [-0.1, -0.05) is 11.6 Å². The van der Waals surface area contributed by atoms with Crippen molar-refractivity contribution in [2.24, 2.45) is 5.10 Å². The Kier molecular flexibility index (Phi) is 6.65. The maximum Gasteiger partial charge on any atom is 0.277 e. The number of carbonyl (C=O) groups excluding carboxylic acids is 1. The van der Waals surface area contributed by atoms with Gasteiger partial charge < -0.3 is 14.2 Å². The van der Waals surface area contributed by atoms with E-state index in [-0.39, 0.29) is 12.5 Å². The van der Waals surface area contributed by atoms with Crippen LogP contribution in [0.25, 0.3) is 0 Å². The molecular weight excluding hydrogens is 344 g/mol. The summed E-state index contributed by atoms with van der Waals surface area (Å²) in [5, 5.41) is 4.56. The van der Waals surface area contributed by atoms with Crippen LogP contribution in [0.4, 0.5) is 0 Å². The molecule has 7 heteroatoms. The minimum Gasteiger partial charge on any atom is -0.497 e. The molecule has 1 amide bonds. The molecule has 0 aliphatic rings. The average Bonchev–Trinajstić information content (AvgIpc) is 2.62. The van der Waals surface area contributed by atoms with Crippen LogP contribution in [0.3, 0.4) is 0 Å². The maximum absolute atomic E-state index is 11.8. The van der Waals surface area contributed by atoms with Crippen molar-refractivity contribution in [3.63, 3.8) is 0 Å². The Bertz CT molecular complexity index is 778. The van der Waals surface area contributed by atoms with E-state index in [9.17, 15) is 4.79 Å². The third-order valence-electron chi connectivity index (χ3n) is 3.33. The van der Waals surface area contributed by atoms with Crippen molar-refractivity contribution in [1.29, 1.82) is 0 Å². The van der Waals surface area contributed by atoms with Crippen LogP contribution in [-0.2, 0) is 4.79 Å². The Labute approximate surface area is 151 Å². The van der Waals surface area contributed by atoms with Crippen molar-refractivity contribution in [3.8, 4) is 17.2 Å². The SMILES string of the molecule is COc1ccc(OC)c(/C=N\NC(=O)COc2ccc(Cl)c(C)c2)c1. The molecule has 2 rings (SSSR count). The monoisotopic (exact) mass is 362 g/mol. The van der Waals surface area contributed by atoms with E-state index < -0.39 is 0 Å². The standard InChI is InChI=1S/C18H19ClN2O4/c1-12-8-15(4-6-16(12)19)25-11-18(22)21-20-10-13-9-14(23-2)5-7-17(13)24-3/h4-10H,11H2,1-3H3,(H,21,22)/b20-10-. The fraction of sp³-hybridized carbons (Fsp3) is 0.222. The van der Waals surface area contributed by atoms with Gasteiger partial charge >= 0.3 is 0 Å². The van der Waals surface area contributed by atoms with Crippen LogP contribution >= 0.6 is 11.6 Å². The van der Waals surface area contributed by atoms with Crippen molar-refractivity contribution < 1.29 is 19.0 Å². The number of nitrogens with zero attached hydrogens (tertiary/aromatic N) is 1. The molecule has 25 heavy (non-hydrogen) atoms. The molecule has 2 aromatic carbocycles. The second kappa shape index (κ2) is 8.94. The Hall–Kier alpha value is -2.73. The lowest BCUT2D eigenvalue weighted by Gasteiger charge is -2.07. The number of hydrogen-bond donors (Lipinski definition) is 1. The van der Waals surface area contributed by atoms with E-state index >= 15 is 0 Å². The molecule has 0 heterocycles. The molecule has 0 aromatic heterocycles. The Morgan fingerprint density at radius 1 is 1.16 bits per heavy atom. The van der Waals surface area contributed by atoms with Crippen LogP contribution in [-0.4, -0.2) is 32.9 Å². The second-order valence-electron chi connectivity index (χ2n) is 5.10. The third kappa shape index (κ3) is 5.39. The largest absolute Gasteiger partial charge is 0.497 e. The summed E-state index contributed by atoms with van der Waals surface area (Å²) < 4.78 is 15.8. The molecule has 0 aliphatic heterocycles. The highest BCUT2D eigenvalue weighted by Crippen LogP contribution is 2.22. The van der Waals surface area contributed by atoms with E-state index in [1.54, 1.807) is 50.6 Å². The molecule has 6 nitrogen and oxygen atoms in total. The number of rotatable bonds is 7. The lowest BCUT2D eigenvalue weighted by molar-refractivity contribution is -0.123. The molecule has 0 saturated carbocycles. The molecule has 1 N–H and O–H groups in total. The zero-order chi connectivity index (χ0) is 18.2. The van der Waals surface area contributed by atoms with E-state index in [0.717, 1.165) is 5.56 Å².